The van der Waals surface area contributed by atoms with Gasteiger partial charge in [-0.2, -0.15) is 5.10 Å². The molecule has 0 atom stereocenters. The van der Waals surface area contributed by atoms with Gasteiger partial charge >= 0.3 is 0 Å². The third kappa shape index (κ3) is 2.80. The molecule has 0 fully saturated rings. The molecule has 2 rings (SSSR count). The van der Waals surface area contributed by atoms with Gasteiger partial charge < -0.3 is 5.11 Å². The zero-order valence-electron chi connectivity index (χ0n) is 11.9. The molecule has 1 aromatic carbocycles. The summed E-state index contributed by atoms with van der Waals surface area (Å²) in [7, 11) is 0. The minimum Gasteiger partial charge on any atom is -0.504 e. The number of rotatable bonds is 5. The third-order valence-electron chi connectivity index (χ3n) is 3.28. The molecule has 0 unspecified atom stereocenters. The van der Waals surface area contributed by atoms with Gasteiger partial charge in [0, 0.05) is 0 Å². The zero-order valence-corrected chi connectivity index (χ0v) is 11.9. The molecule has 0 saturated heterocycles. The number of aromatic hydroxyl groups is 1. The highest BCUT2D eigenvalue weighted by Gasteiger charge is 2.20. The Kier molecular flexibility index (Phi) is 4.25. The Balaban J connectivity index is 2.47. The molecule has 0 bridgehead atoms. The number of hydrogen-bond acceptors (Lipinski definition) is 2. The van der Waals surface area contributed by atoms with Gasteiger partial charge in [0.05, 0.1) is 11.4 Å². The van der Waals surface area contributed by atoms with Crippen molar-refractivity contribution in [2.45, 2.75) is 46.0 Å². The van der Waals surface area contributed by atoms with Gasteiger partial charge in [-0.1, -0.05) is 45.4 Å². The molecule has 19 heavy (non-hydrogen) atoms. The number of benzene rings is 1. The van der Waals surface area contributed by atoms with Crippen LogP contribution >= 0.6 is 0 Å². The van der Waals surface area contributed by atoms with E-state index in [4.69, 9.17) is 0 Å². The minimum atomic E-state index is 0.239. The molecule has 0 amide bonds. The predicted octanol–water partition coefficient (Wildman–Crippen LogP) is 4.04. The summed E-state index contributed by atoms with van der Waals surface area (Å²) in [6.07, 6.45) is 2.99. The Morgan fingerprint density at radius 2 is 1.89 bits per heavy atom. The van der Waals surface area contributed by atoms with Gasteiger partial charge in [0.1, 0.15) is 5.69 Å². The lowest BCUT2D eigenvalue weighted by Gasteiger charge is -2.10. The fourth-order valence-corrected chi connectivity index (χ4v) is 2.27. The Bertz CT molecular complexity index is 529. The summed E-state index contributed by atoms with van der Waals surface area (Å²) in [5.41, 5.74) is 2.72. The van der Waals surface area contributed by atoms with Crippen molar-refractivity contribution in [2.24, 2.45) is 0 Å². The van der Waals surface area contributed by atoms with E-state index in [1.165, 1.54) is 0 Å². The average Bonchev–Trinajstić information content (AvgIpc) is 2.74. The molecule has 0 aliphatic rings. The number of para-hydroxylation sites is 1. The van der Waals surface area contributed by atoms with Crippen LogP contribution in [0.25, 0.3) is 5.69 Å². The van der Waals surface area contributed by atoms with E-state index < -0.39 is 0 Å². The smallest absolute Gasteiger partial charge is 0.160 e. The molecule has 0 aliphatic heterocycles. The molecule has 1 heterocycles. The Hall–Kier alpha value is -1.77. The molecule has 0 radical (unpaired) electrons. The van der Waals surface area contributed by atoms with Crippen LogP contribution < -0.4 is 0 Å². The summed E-state index contributed by atoms with van der Waals surface area (Å²) in [6, 6.07) is 10.00. The normalized spacial score (nSPS) is 11.2. The molecule has 102 valence electrons. The Morgan fingerprint density at radius 1 is 1.21 bits per heavy atom. The lowest BCUT2D eigenvalue weighted by Crippen LogP contribution is -2.03. The monoisotopic (exact) mass is 258 g/mol. The summed E-state index contributed by atoms with van der Waals surface area (Å²) in [5, 5.41) is 15.0. The van der Waals surface area contributed by atoms with E-state index in [1.54, 1.807) is 0 Å². The molecular weight excluding hydrogens is 236 g/mol. The fraction of sp³-hybridized carbons (Fsp3) is 0.438. The zero-order chi connectivity index (χ0) is 13.8. The van der Waals surface area contributed by atoms with Crippen LogP contribution in [-0.4, -0.2) is 14.9 Å². The van der Waals surface area contributed by atoms with Gasteiger partial charge in [-0.3, -0.25) is 0 Å². The van der Waals surface area contributed by atoms with Crippen LogP contribution in [0.1, 0.15) is 50.9 Å². The number of aryl methyl sites for hydroxylation is 1. The number of aromatic nitrogens is 2. The van der Waals surface area contributed by atoms with Gasteiger partial charge in [0.25, 0.3) is 0 Å². The SMILES string of the molecule is CCCCc1nn(-c2ccccc2)c(C(C)C)c1O. The van der Waals surface area contributed by atoms with E-state index >= 15 is 0 Å². The first-order valence-corrected chi connectivity index (χ1v) is 7.01. The quantitative estimate of drug-likeness (QED) is 0.878. The summed E-state index contributed by atoms with van der Waals surface area (Å²) in [5.74, 6) is 0.607. The van der Waals surface area contributed by atoms with Crippen molar-refractivity contribution in [3.05, 3.63) is 41.7 Å². The van der Waals surface area contributed by atoms with Crippen LogP contribution in [-0.2, 0) is 6.42 Å². The maximum absolute atomic E-state index is 10.4. The van der Waals surface area contributed by atoms with Crippen LogP contribution in [0.15, 0.2) is 30.3 Å². The maximum Gasteiger partial charge on any atom is 0.160 e. The maximum atomic E-state index is 10.4. The fourth-order valence-electron chi connectivity index (χ4n) is 2.27. The second kappa shape index (κ2) is 5.91. The summed E-state index contributed by atoms with van der Waals surface area (Å²) in [6.45, 7) is 6.31. The van der Waals surface area contributed by atoms with Gasteiger partial charge in [0.2, 0.25) is 0 Å². The van der Waals surface area contributed by atoms with Crippen molar-refractivity contribution >= 4 is 0 Å². The number of hydrogen-bond donors (Lipinski definition) is 1. The third-order valence-corrected chi connectivity index (χ3v) is 3.28. The number of nitrogens with zero attached hydrogens (tertiary/aromatic N) is 2. The highest BCUT2D eigenvalue weighted by molar-refractivity contribution is 5.42. The molecule has 1 N–H and O–H groups in total. The molecule has 1 aromatic heterocycles. The molecule has 3 nitrogen and oxygen atoms in total. The molecule has 3 heteroatoms. The van der Waals surface area contributed by atoms with Crippen LogP contribution in [0, 0.1) is 0 Å². The average molecular weight is 258 g/mol. The van der Waals surface area contributed by atoms with Crippen molar-refractivity contribution < 1.29 is 5.11 Å². The van der Waals surface area contributed by atoms with Gasteiger partial charge in [-0.05, 0) is 30.9 Å². The van der Waals surface area contributed by atoms with Crippen LogP contribution in [0.4, 0.5) is 0 Å². The van der Waals surface area contributed by atoms with Crippen molar-refractivity contribution in [3.63, 3.8) is 0 Å². The predicted molar refractivity (Wildman–Crippen MR) is 77.9 cm³/mol. The van der Waals surface area contributed by atoms with E-state index in [0.717, 1.165) is 36.3 Å². The van der Waals surface area contributed by atoms with Crippen molar-refractivity contribution in [1.82, 2.24) is 9.78 Å². The lowest BCUT2D eigenvalue weighted by atomic mass is 10.1. The molecule has 0 aliphatic carbocycles. The first kappa shape index (κ1) is 13.7. The Morgan fingerprint density at radius 3 is 2.47 bits per heavy atom. The van der Waals surface area contributed by atoms with E-state index in [0.29, 0.717) is 5.75 Å². The van der Waals surface area contributed by atoms with Gasteiger partial charge in [0.15, 0.2) is 5.75 Å². The van der Waals surface area contributed by atoms with Gasteiger partial charge in [-0.25, -0.2) is 4.68 Å². The van der Waals surface area contributed by atoms with E-state index in [9.17, 15) is 5.11 Å². The van der Waals surface area contributed by atoms with Gasteiger partial charge in [-0.15, -0.1) is 0 Å². The Labute approximate surface area is 114 Å². The topological polar surface area (TPSA) is 38.0 Å². The van der Waals surface area contributed by atoms with Crippen LogP contribution in [0.5, 0.6) is 5.75 Å². The largest absolute Gasteiger partial charge is 0.504 e. The first-order chi connectivity index (χ1) is 9.15. The molecule has 0 saturated carbocycles. The summed E-state index contributed by atoms with van der Waals surface area (Å²) in [4.78, 5) is 0. The van der Waals surface area contributed by atoms with Crippen molar-refractivity contribution in [2.75, 3.05) is 0 Å². The van der Waals surface area contributed by atoms with E-state index in [2.05, 4.69) is 25.9 Å². The number of unbranched alkanes of at least 4 members (excludes halogenated alkanes) is 1. The van der Waals surface area contributed by atoms with Crippen molar-refractivity contribution in [1.29, 1.82) is 0 Å². The second-order valence-corrected chi connectivity index (χ2v) is 5.19. The summed E-state index contributed by atoms with van der Waals surface area (Å²) >= 11 is 0. The highest BCUT2D eigenvalue weighted by atomic mass is 16.3. The van der Waals surface area contributed by atoms with E-state index in [-0.39, 0.29) is 5.92 Å². The van der Waals surface area contributed by atoms with E-state index in [1.807, 2.05) is 35.0 Å². The lowest BCUT2D eigenvalue weighted by molar-refractivity contribution is 0.456. The second-order valence-electron chi connectivity index (χ2n) is 5.19. The highest BCUT2D eigenvalue weighted by Crippen LogP contribution is 2.31. The summed E-state index contributed by atoms with van der Waals surface area (Å²) < 4.78 is 1.88. The van der Waals surface area contributed by atoms with Crippen molar-refractivity contribution in [3.8, 4) is 11.4 Å². The van der Waals surface area contributed by atoms with Crippen LogP contribution in [0.3, 0.4) is 0 Å². The molecule has 0 spiro atoms. The minimum absolute atomic E-state index is 0.239. The first-order valence-electron chi connectivity index (χ1n) is 7.01. The molecule has 2 aromatic rings. The standard InChI is InChI=1S/C16H22N2O/c1-4-5-11-14-16(19)15(12(2)3)18(17-14)13-9-7-6-8-10-13/h6-10,12,19H,4-5,11H2,1-3H3. The van der Waals surface area contributed by atoms with Crippen LogP contribution in [0.2, 0.25) is 0 Å². The molecular formula is C16H22N2O.